The molecule has 0 atom stereocenters. The molecular formula is C14H12ClNO3. The summed E-state index contributed by atoms with van der Waals surface area (Å²) in [4.78, 5) is 14.6. The number of hydrogen-bond donors (Lipinski definition) is 1. The molecule has 0 aliphatic carbocycles. The predicted molar refractivity (Wildman–Crippen MR) is 72.1 cm³/mol. The zero-order chi connectivity index (χ0) is 13.8. The van der Waals surface area contributed by atoms with E-state index in [0.717, 1.165) is 12.0 Å². The van der Waals surface area contributed by atoms with Crippen LogP contribution in [0.25, 0.3) is 0 Å². The van der Waals surface area contributed by atoms with Gasteiger partial charge in [0.15, 0.2) is 0 Å². The van der Waals surface area contributed by atoms with Gasteiger partial charge in [-0.3, -0.25) is 0 Å². The van der Waals surface area contributed by atoms with Crippen LogP contribution < -0.4 is 4.74 Å². The molecule has 0 aliphatic rings. The number of carbonyl (C=O) groups is 1. The lowest BCUT2D eigenvalue weighted by atomic mass is 10.1. The summed E-state index contributed by atoms with van der Waals surface area (Å²) >= 11 is 6.02. The molecule has 1 aromatic heterocycles. The Morgan fingerprint density at radius 3 is 2.74 bits per heavy atom. The predicted octanol–water partition coefficient (Wildman–Crippen LogP) is 3.79. The quantitative estimate of drug-likeness (QED) is 0.924. The summed E-state index contributed by atoms with van der Waals surface area (Å²) in [6, 6.07) is 8.32. The molecule has 4 nitrogen and oxygen atoms in total. The summed E-state index contributed by atoms with van der Waals surface area (Å²) in [6.45, 7) is 2.00. The number of halogens is 1. The number of rotatable bonds is 4. The van der Waals surface area contributed by atoms with Crippen molar-refractivity contribution in [3.05, 3.63) is 52.7 Å². The van der Waals surface area contributed by atoms with Gasteiger partial charge in [-0.05, 0) is 36.2 Å². The third-order valence-electron chi connectivity index (χ3n) is 2.60. The van der Waals surface area contributed by atoms with Crippen LogP contribution in [-0.2, 0) is 6.42 Å². The van der Waals surface area contributed by atoms with E-state index in [1.165, 1.54) is 18.3 Å². The van der Waals surface area contributed by atoms with Gasteiger partial charge in [-0.2, -0.15) is 0 Å². The fourth-order valence-electron chi connectivity index (χ4n) is 1.57. The molecule has 1 aromatic carbocycles. The minimum absolute atomic E-state index is 0.123. The first kappa shape index (κ1) is 13.4. The van der Waals surface area contributed by atoms with Gasteiger partial charge in [0.2, 0.25) is 5.88 Å². The molecule has 1 heterocycles. The van der Waals surface area contributed by atoms with Crippen LogP contribution in [0.4, 0.5) is 0 Å². The SMILES string of the molecule is CCc1cc(Oc2ccc(C(=O)O)cn2)ccc1Cl. The highest BCUT2D eigenvalue weighted by molar-refractivity contribution is 6.31. The molecule has 5 heteroatoms. The van der Waals surface area contributed by atoms with Crippen molar-refractivity contribution in [3.63, 3.8) is 0 Å². The second kappa shape index (κ2) is 5.71. The zero-order valence-corrected chi connectivity index (χ0v) is 11.0. The highest BCUT2D eigenvalue weighted by Gasteiger charge is 2.06. The van der Waals surface area contributed by atoms with Crippen LogP contribution in [0.2, 0.25) is 5.02 Å². The minimum atomic E-state index is -1.01. The first-order valence-electron chi connectivity index (χ1n) is 5.75. The Morgan fingerprint density at radius 2 is 2.16 bits per heavy atom. The number of benzene rings is 1. The maximum atomic E-state index is 10.7. The molecule has 2 aromatic rings. The van der Waals surface area contributed by atoms with Gasteiger partial charge in [-0.15, -0.1) is 0 Å². The van der Waals surface area contributed by atoms with Crippen molar-refractivity contribution in [2.24, 2.45) is 0 Å². The van der Waals surface area contributed by atoms with Crippen molar-refractivity contribution in [3.8, 4) is 11.6 Å². The molecule has 0 fully saturated rings. The Hall–Kier alpha value is -2.07. The highest BCUT2D eigenvalue weighted by Crippen LogP contribution is 2.25. The maximum Gasteiger partial charge on any atom is 0.337 e. The van der Waals surface area contributed by atoms with Crippen LogP contribution >= 0.6 is 11.6 Å². The largest absolute Gasteiger partial charge is 0.478 e. The van der Waals surface area contributed by atoms with Gasteiger partial charge in [0.1, 0.15) is 5.75 Å². The van der Waals surface area contributed by atoms with Crippen molar-refractivity contribution in [2.45, 2.75) is 13.3 Å². The van der Waals surface area contributed by atoms with Gasteiger partial charge < -0.3 is 9.84 Å². The number of nitrogens with zero attached hydrogens (tertiary/aromatic N) is 1. The Balaban J connectivity index is 2.19. The van der Waals surface area contributed by atoms with Gasteiger partial charge in [0, 0.05) is 17.3 Å². The van der Waals surface area contributed by atoms with Crippen molar-refractivity contribution < 1.29 is 14.6 Å². The lowest BCUT2D eigenvalue weighted by Gasteiger charge is -2.07. The van der Waals surface area contributed by atoms with Crippen LogP contribution in [0.3, 0.4) is 0 Å². The molecule has 19 heavy (non-hydrogen) atoms. The molecule has 0 unspecified atom stereocenters. The van der Waals surface area contributed by atoms with E-state index in [9.17, 15) is 4.79 Å². The third-order valence-corrected chi connectivity index (χ3v) is 2.97. The Morgan fingerprint density at radius 1 is 1.37 bits per heavy atom. The van der Waals surface area contributed by atoms with E-state index >= 15 is 0 Å². The van der Waals surface area contributed by atoms with E-state index in [4.69, 9.17) is 21.4 Å². The molecular weight excluding hydrogens is 266 g/mol. The molecule has 2 rings (SSSR count). The average Bonchev–Trinajstić information content (AvgIpc) is 2.41. The molecule has 0 saturated heterocycles. The summed E-state index contributed by atoms with van der Waals surface area (Å²) < 4.78 is 5.55. The van der Waals surface area contributed by atoms with E-state index in [1.807, 2.05) is 13.0 Å². The van der Waals surface area contributed by atoms with Gasteiger partial charge in [0.25, 0.3) is 0 Å². The van der Waals surface area contributed by atoms with E-state index < -0.39 is 5.97 Å². The van der Waals surface area contributed by atoms with Crippen molar-refractivity contribution in [1.82, 2.24) is 4.98 Å². The number of carboxylic acids is 1. The molecule has 98 valence electrons. The van der Waals surface area contributed by atoms with E-state index in [0.29, 0.717) is 16.7 Å². The molecule has 0 spiro atoms. The fraction of sp³-hybridized carbons (Fsp3) is 0.143. The van der Waals surface area contributed by atoms with Crippen LogP contribution in [0.5, 0.6) is 11.6 Å². The molecule has 1 N–H and O–H groups in total. The van der Waals surface area contributed by atoms with Crippen molar-refractivity contribution in [1.29, 1.82) is 0 Å². The summed E-state index contributed by atoms with van der Waals surface area (Å²) in [5.74, 6) is -0.0509. The maximum absolute atomic E-state index is 10.7. The second-order valence-electron chi connectivity index (χ2n) is 3.90. The Kier molecular flexibility index (Phi) is 4.02. The zero-order valence-electron chi connectivity index (χ0n) is 10.3. The number of hydrogen-bond acceptors (Lipinski definition) is 3. The standard InChI is InChI=1S/C14H12ClNO3/c1-2-9-7-11(4-5-12(9)15)19-13-6-3-10(8-16-13)14(17)18/h3-8H,2H2,1H3,(H,17,18). The van der Waals surface area contributed by atoms with Crippen LogP contribution in [0.15, 0.2) is 36.5 Å². The molecule has 0 bridgehead atoms. The van der Waals surface area contributed by atoms with Gasteiger partial charge in [0.05, 0.1) is 5.56 Å². The van der Waals surface area contributed by atoms with Crippen LogP contribution in [-0.4, -0.2) is 16.1 Å². The first-order valence-corrected chi connectivity index (χ1v) is 6.13. The molecule has 0 radical (unpaired) electrons. The number of pyridine rings is 1. The van der Waals surface area contributed by atoms with Gasteiger partial charge in [-0.25, -0.2) is 9.78 Å². The number of aromatic carboxylic acids is 1. The third kappa shape index (κ3) is 3.23. The van der Waals surface area contributed by atoms with E-state index in [1.54, 1.807) is 12.1 Å². The average molecular weight is 278 g/mol. The number of ether oxygens (including phenoxy) is 1. The number of aryl methyl sites for hydroxylation is 1. The number of carboxylic acid groups (broad SMARTS) is 1. The minimum Gasteiger partial charge on any atom is -0.478 e. The molecule has 0 aliphatic heterocycles. The summed E-state index contributed by atoms with van der Waals surface area (Å²) in [6.07, 6.45) is 2.07. The van der Waals surface area contributed by atoms with Crippen molar-refractivity contribution in [2.75, 3.05) is 0 Å². The summed E-state index contributed by atoms with van der Waals surface area (Å²) in [5, 5.41) is 9.47. The monoisotopic (exact) mass is 277 g/mol. The van der Waals surface area contributed by atoms with Crippen LogP contribution in [0.1, 0.15) is 22.8 Å². The number of aromatic nitrogens is 1. The second-order valence-corrected chi connectivity index (χ2v) is 4.31. The van der Waals surface area contributed by atoms with Gasteiger partial charge in [-0.1, -0.05) is 18.5 Å². The van der Waals surface area contributed by atoms with Gasteiger partial charge >= 0.3 is 5.97 Å². The fourth-order valence-corrected chi connectivity index (χ4v) is 1.82. The summed E-state index contributed by atoms with van der Waals surface area (Å²) in [7, 11) is 0. The van der Waals surface area contributed by atoms with E-state index in [-0.39, 0.29) is 5.56 Å². The first-order chi connectivity index (χ1) is 9.10. The lowest BCUT2D eigenvalue weighted by Crippen LogP contribution is -1.97. The molecule has 0 amide bonds. The normalized spacial score (nSPS) is 10.2. The lowest BCUT2D eigenvalue weighted by molar-refractivity contribution is 0.0696. The Labute approximate surface area is 115 Å². The van der Waals surface area contributed by atoms with E-state index in [2.05, 4.69) is 4.98 Å². The highest BCUT2D eigenvalue weighted by atomic mass is 35.5. The van der Waals surface area contributed by atoms with Crippen molar-refractivity contribution >= 4 is 17.6 Å². The molecule has 0 saturated carbocycles. The Bertz CT molecular complexity index is 596. The smallest absolute Gasteiger partial charge is 0.337 e. The van der Waals surface area contributed by atoms with Crippen LogP contribution in [0, 0.1) is 0 Å². The topological polar surface area (TPSA) is 59.4 Å². The summed E-state index contributed by atoms with van der Waals surface area (Å²) in [5.41, 5.74) is 1.11.